The molecule has 4 rings (SSSR count). The number of imidazole rings is 1. The van der Waals surface area contributed by atoms with Gasteiger partial charge in [0.15, 0.2) is 17.2 Å². The number of anilines is 2. The number of aromatic nitrogens is 5. The lowest BCUT2D eigenvalue weighted by Gasteiger charge is -2.09. The lowest BCUT2D eigenvalue weighted by atomic mass is 10.2. The van der Waals surface area contributed by atoms with Crippen molar-refractivity contribution in [3.63, 3.8) is 0 Å². The molecule has 3 N–H and O–H groups in total. The highest BCUT2D eigenvalue weighted by Gasteiger charge is 2.16. The molecule has 0 radical (unpaired) electrons. The third-order valence-electron chi connectivity index (χ3n) is 3.64. The molecule has 0 spiro atoms. The van der Waals surface area contributed by atoms with E-state index in [1.54, 1.807) is 41.3 Å². The van der Waals surface area contributed by atoms with E-state index < -0.39 is 5.91 Å². The number of fused-ring (bicyclic) bond motifs is 1. The summed E-state index contributed by atoms with van der Waals surface area (Å²) in [4.78, 5) is 29.3. The number of nitrogens with two attached hydrogens (primary N) is 1. The summed E-state index contributed by atoms with van der Waals surface area (Å²) in [5.41, 5.74) is 8.36. The van der Waals surface area contributed by atoms with Crippen molar-refractivity contribution >= 4 is 23.1 Å². The van der Waals surface area contributed by atoms with E-state index in [1.807, 2.05) is 18.3 Å². The number of hydrogen-bond acceptors (Lipinski definition) is 6. The predicted octanol–water partition coefficient (Wildman–Crippen LogP) is 2.02. The highest BCUT2D eigenvalue weighted by atomic mass is 16.1. The number of nitrogens with one attached hydrogen (secondary N) is 1. The van der Waals surface area contributed by atoms with Crippen molar-refractivity contribution in [1.82, 2.24) is 24.3 Å². The van der Waals surface area contributed by atoms with Crippen molar-refractivity contribution in [3.8, 4) is 11.3 Å². The van der Waals surface area contributed by atoms with Gasteiger partial charge in [0, 0.05) is 36.5 Å². The standard InChI is InChI=1S/C17H13N7O/c18-15-14(22-13(10-21-15)11-3-1-5-19-9-11)17(25)23-12-4-2-7-24-8-6-20-16(12)24/h1-10H,(H2,18,21)(H,23,25). The Morgan fingerprint density at radius 2 is 2.00 bits per heavy atom. The number of carbonyl (C=O) groups is 1. The van der Waals surface area contributed by atoms with Crippen LogP contribution in [0.1, 0.15) is 10.5 Å². The van der Waals surface area contributed by atoms with Crippen LogP contribution in [0.3, 0.4) is 0 Å². The van der Waals surface area contributed by atoms with E-state index in [9.17, 15) is 4.79 Å². The Kier molecular flexibility index (Phi) is 3.55. The molecule has 0 aliphatic heterocycles. The van der Waals surface area contributed by atoms with Crippen LogP contribution in [0.2, 0.25) is 0 Å². The molecule has 8 nitrogen and oxygen atoms in total. The van der Waals surface area contributed by atoms with Crippen LogP contribution in [-0.4, -0.2) is 30.2 Å². The molecule has 0 aliphatic carbocycles. The first kappa shape index (κ1) is 14.8. The van der Waals surface area contributed by atoms with Gasteiger partial charge in [-0.3, -0.25) is 9.78 Å². The fraction of sp³-hybridized carbons (Fsp3) is 0. The van der Waals surface area contributed by atoms with Gasteiger partial charge in [0.05, 0.1) is 17.6 Å². The van der Waals surface area contributed by atoms with Gasteiger partial charge in [-0.05, 0) is 24.3 Å². The van der Waals surface area contributed by atoms with Crippen LogP contribution in [0.5, 0.6) is 0 Å². The third-order valence-corrected chi connectivity index (χ3v) is 3.64. The van der Waals surface area contributed by atoms with Crippen molar-refractivity contribution in [3.05, 3.63) is 67.1 Å². The number of hydrogen-bond donors (Lipinski definition) is 2. The fourth-order valence-electron chi connectivity index (χ4n) is 2.45. The van der Waals surface area contributed by atoms with Gasteiger partial charge < -0.3 is 15.5 Å². The van der Waals surface area contributed by atoms with Crippen LogP contribution >= 0.6 is 0 Å². The van der Waals surface area contributed by atoms with E-state index in [2.05, 4.69) is 25.3 Å². The van der Waals surface area contributed by atoms with Crippen LogP contribution in [0.25, 0.3) is 16.9 Å². The Labute approximate surface area is 142 Å². The second-order valence-electron chi connectivity index (χ2n) is 5.26. The number of nitrogen functional groups attached to an aromatic ring is 1. The Bertz CT molecular complexity index is 1060. The first-order valence-corrected chi connectivity index (χ1v) is 7.48. The van der Waals surface area contributed by atoms with Gasteiger partial charge in [0.2, 0.25) is 0 Å². The van der Waals surface area contributed by atoms with Crippen LogP contribution in [0, 0.1) is 0 Å². The molecular weight excluding hydrogens is 318 g/mol. The number of carbonyl (C=O) groups excluding carboxylic acids is 1. The van der Waals surface area contributed by atoms with Gasteiger partial charge in [-0.2, -0.15) is 0 Å². The summed E-state index contributed by atoms with van der Waals surface area (Å²) in [6.45, 7) is 0. The lowest BCUT2D eigenvalue weighted by Crippen LogP contribution is -2.17. The Morgan fingerprint density at radius 1 is 1.08 bits per heavy atom. The maximum absolute atomic E-state index is 12.6. The molecule has 122 valence electrons. The molecule has 1 amide bonds. The molecular formula is C17H13N7O. The lowest BCUT2D eigenvalue weighted by molar-refractivity contribution is 0.102. The molecule has 0 unspecified atom stereocenters. The van der Waals surface area contributed by atoms with Crippen LogP contribution in [0.15, 0.2) is 61.4 Å². The van der Waals surface area contributed by atoms with Crippen molar-refractivity contribution in [2.75, 3.05) is 11.1 Å². The molecule has 4 heterocycles. The summed E-state index contributed by atoms with van der Waals surface area (Å²) >= 11 is 0. The predicted molar refractivity (Wildman–Crippen MR) is 92.8 cm³/mol. The SMILES string of the molecule is Nc1ncc(-c2cccnc2)nc1C(=O)Nc1cccn2ccnc12. The molecule has 4 aromatic rings. The van der Waals surface area contributed by atoms with Gasteiger partial charge in [-0.1, -0.05) is 0 Å². The zero-order valence-corrected chi connectivity index (χ0v) is 13.0. The van der Waals surface area contributed by atoms with E-state index in [4.69, 9.17) is 5.73 Å². The van der Waals surface area contributed by atoms with Gasteiger partial charge in [0.1, 0.15) is 0 Å². The molecule has 0 aromatic carbocycles. The Hall–Kier alpha value is -3.81. The third kappa shape index (κ3) is 2.76. The van der Waals surface area contributed by atoms with Gasteiger partial charge in [-0.15, -0.1) is 0 Å². The monoisotopic (exact) mass is 331 g/mol. The minimum atomic E-state index is -0.452. The average molecular weight is 331 g/mol. The van der Waals surface area contributed by atoms with Crippen LogP contribution < -0.4 is 11.1 Å². The molecule has 0 fully saturated rings. The smallest absolute Gasteiger partial charge is 0.278 e. The minimum Gasteiger partial charge on any atom is -0.382 e. The van der Waals surface area contributed by atoms with Gasteiger partial charge in [0.25, 0.3) is 5.91 Å². The maximum atomic E-state index is 12.6. The van der Waals surface area contributed by atoms with Crippen molar-refractivity contribution in [2.24, 2.45) is 0 Å². The molecule has 8 heteroatoms. The summed E-state index contributed by atoms with van der Waals surface area (Å²) in [7, 11) is 0. The average Bonchev–Trinajstić information content (AvgIpc) is 3.12. The molecule has 25 heavy (non-hydrogen) atoms. The van der Waals surface area contributed by atoms with Gasteiger partial charge in [-0.25, -0.2) is 15.0 Å². The van der Waals surface area contributed by atoms with E-state index in [0.29, 0.717) is 17.0 Å². The second-order valence-corrected chi connectivity index (χ2v) is 5.26. The Morgan fingerprint density at radius 3 is 2.84 bits per heavy atom. The summed E-state index contributed by atoms with van der Waals surface area (Å²) in [6, 6.07) is 7.19. The van der Waals surface area contributed by atoms with E-state index in [0.717, 1.165) is 5.56 Å². The molecule has 0 saturated heterocycles. The fourth-order valence-corrected chi connectivity index (χ4v) is 2.45. The van der Waals surface area contributed by atoms with Crippen molar-refractivity contribution in [2.45, 2.75) is 0 Å². The zero-order chi connectivity index (χ0) is 17.2. The normalized spacial score (nSPS) is 10.7. The summed E-state index contributed by atoms with van der Waals surface area (Å²) in [5, 5.41) is 2.79. The van der Waals surface area contributed by atoms with E-state index >= 15 is 0 Å². The minimum absolute atomic E-state index is 0.0508. The highest BCUT2D eigenvalue weighted by molar-refractivity contribution is 6.07. The summed E-state index contributed by atoms with van der Waals surface area (Å²) in [5.74, 6) is -0.396. The number of pyridine rings is 2. The Balaban J connectivity index is 1.69. The first-order valence-electron chi connectivity index (χ1n) is 7.48. The quantitative estimate of drug-likeness (QED) is 0.594. The molecule has 0 atom stereocenters. The largest absolute Gasteiger partial charge is 0.382 e. The maximum Gasteiger partial charge on any atom is 0.278 e. The number of nitrogens with zero attached hydrogens (tertiary/aromatic N) is 5. The number of amides is 1. The van der Waals surface area contributed by atoms with E-state index in [1.165, 1.54) is 6.20 Å². The van der Waals surface area contributed by atoms with Crippen molar-refractivity contribution < 1.29 is 4.79 Å². The highest BCUT2D eigenvalue weighted by Crippen LogP contribution is 2.19. The van der Waals surface area contributed by atoms with E-state index in [-0.39, 0.29) is 11.5 Å². The first-order chi connectivity index (χ1) is 12.2. The van der Waals surface area contributed by atoms with Crippen LogP contribution in [0.4, 0.5) is 11.5 Å². The summed E-state index contributed by atoms with van der Waals surface area (Å²) < 4.78 is 1.80. The molecule has 0 saturated carbocycles. The molecule has 0 bridgehead atoms. The second kappa shape index (κ2) is 6.00. The summed E-state index contributed by atoms with van der Waals surface area (Å²) in [6.07, 6.45) is 10.1. The van der Waals surface area contributed by atoms with Crippen molar-refractivity contribution in [1.29, 1.82) is 0 Å². The topological polar surface area (TPSA) is 111 Å². The molecule has 0 aliphatic rings. The molecule has 4 aromatic heterocycles. The van der Waals surface area contributed by atoms with Gasteiger partial charge >= 0.3 is 0 Å². The zero-order valence-electron chi connectivity index (χ0n) is 13.0. The van der Waals surface area contributed by atoms with Crippen LogP contribution in [-0.2, 0) is 0 Å². The number of rotatable bonds is 3.